The summed E-state index contributed by atoms with van der Waals surface area (Å²) in [7, 11) is 0. The van der Waals surface area contributed by atoms with Crippen LogP contribution in [0, 0.1) is 6.33 Å². The predicted octanol–water partition coefficient (Wildman–Crippen LogP) is 15.1. The van der Waals surface area contributed by atoms with Gasteiger partial charge in [0, 0.05) is 33.8 Å². The van der Waals surface area contributed by atoms with Crippen LogP contribution in [0.25, 0.3) is 99.9 Å². The Morgan fingerprint density at radius 1 is 0.529 bits per heavy atom. The Hall–Kier alpha value is -9.07. The minimum Gasteiger partial charge on any atom is -0.458 e. The predicted molar refractivity (Wildman–Crippen MR) is 284 cm³/mol. The second-order valence-corrected chi connectivity index (χ2v) is 18.2. The quantitative estimate of drug-likeness (QED) is 0.113. The van der Waals surface area contributed by atoms with E-state index in [4.69, 9.17) is 28.4 Å². The van der Waals surface area contributed by atoms with Crippen molar-refractivity contribution in [3.05, 3.63) is 236 Å². The minimum atomic E-state index is -0.572. The average Bonchev–Trinajstić information content (AvgIpc) is 4.33. The fourth-order valence-corrected chi connectivity index (χ4v) is 9.68. The monoisotopic (exact) mass is 912 g/mol. The third-order valence-electron chi connectivity index (χ3n) is 12.9. The van der Waals surface area contributed by atoms with E-state index in [1.165, 1.54) is 0 Å². The molecule has 0 aliphatic carbocycles. The number of pyridine rings is 2. The van der Waals surface area contributed by atoms with Crippen molar-refractivity contribution in [1.29, 1.82) is 0 Å². The second-order valence-electron chi connectivity index (χ2n) is 18.2. The summed E-state index contributed by atoms with van der Waals surface area (Å²) in [5, 5.41) is 4.19. The summed E-state index contributed by atoms with van der Waals surface area (Å²) in [4.78, 5) is 10.1. The first-order valence-corrected chi connectivity index (χ1v) is 22.9. The van der Waals surface area contributed by atoms with Gasteiger partial charge in [-0.15, -0.1) is 0 Å². The Kier molecular flexibility index (Phi) is 7.42. The molecule has 5 aromatic heterocycles. The number of ether oxygens (including phenoxy) is 1. The molecule has 0 bridgehead atoms. The molecule has 0 saturated carbocycles. The number of rotatable bonds is 8. The van der Waals surface area contributed by atoms with E-state index in [9.17, 15) is 0 Å². The highest BCUT2D eigenvalue weighted by Gasteiger charge is 2.23. The zero-order valence-corrected chi connectivity index (χ0v) is 38.2. The second kappa shape index (κ2) is 16.3. The average molecular weight is 913 g/mol. The van der Waals surface area contributed by atoms with Crippen LogP contribution in [0.4, 0.5) is 0 Å². The maximum Gasteiger partial charge on any atom is 0.269 e. The summed E-state index contributed by atoms with van der Waals surface area (Å²) in [6.07, 6.45) is 7.21. The molecule has 5 heterocycles. The Labute approximate surface area is 419 Å². The van der Waals surface area contributed by atoms with Crippen molar-refractivity contribution in [2.24, 2.45) is 0 Å². The smallest absolute Gasteiger partial charge is 0.269 e. The molecule has 0 N–H and O–H groups in total. The van der Waals surface area contributed by atoms with E-state index in [1.54, 1.807) is 27.3 Å². The van der Waals surface area contributed by atoms with Crippen molar-refractivity contribution in [3.8, 4) is 56.6 Å². The van der Waals surface area contributed by atoms with E-state index in [0.717, 1.165) is 55.0 Å². The van der Waals surface area contributed by atoms with Gasteiger partial charge in [0.15, 0.2) is 0 Å². The van der Waals surface area contributed by atoms with Crippen LogP contribution in [0.1, 0.15) is 40.0 Å². The topological polar surface area (TPSA) is 53.7 Å². The lowest BCUT2D eigenvalue weighted by atomic mass is 9.88. The van der Waals surface area contributed by atoms with E-state index >= 15 is 0 Å². The lowest BCUT2D eigenvalue weighted by molar-refractivity contribution is -0.571. The van der Waals surface area contributed by atoms with Crippen LogP contribution >= 0.6 is 0 Å². The van der Waals surface area contributed by atoms with Crippen LogP contribution in [0.5, 0.6) is 11.5 Å². The molecule has 0 aliphatic rings. The summed E-state index contributed by atoms with van der Waals surface area (Å²) >= 11 is 0. The van der Waals surface area contributed by atoms with Crippen molar-refractivity contribution in [3.63, 3.8) is 0 Å². The van der Waals surface area contributed by atoms with E-state index in [2.05, 4.69) is 103 Å². The van der Waals surface area contributed by atoms with Gasteiger partial charge in [-0.2, -0.15) is 0 Å². The first-order chi connectivity index (χ1) is 38.5. The molecule has 13 rings (SSSR count). The highest BCUT2D eigenvalue weighted by atomic mass is 16.5. The van der Waals surface area contributed by atoms with Crippen molar-refractivity contribution in [2.75, 3.05) is 0 Å². The van der Waals surface area contributed by atoms with Gasteiger partial charge in [0.1, 0.15) is 23.0 Å². The largest absolute Gasteiger partial charge is 0.458 e. The maximum absolute atomic E-state index is 9.07. The van der Waals surface area contributed by atoms with Crippen LogP contribution in [0.15, 0.2) is 224 Å². The van der Waals surface area contributed by atoms with Crippen molar-refractivity contribution < 1.29 is 23.0 Å². The van der Waals surface area contributed by atoms with Gasteiger partial charge in [-0.25, -0.2) is 9.97 Å². The number of hydrogen-bond acceptors (Lipinski definition) is 3. The van der Waals surface area contributed by atoms with Gasteiger partial charge < -0.3 is 9.30 Å². The third-order valence-corrected chi connectivity index (χ3v) is 12.9. The number of fused-ring (bicyclic) bond motifs is 7. The Morgan fingerprint density at radius 3 is 1.86 bits per heavy atom. The number of benzene rings is 8. The van der Waals surface area contributed by atoms with E-state index in [0.29, 0.717) is 34.0 Å². The fourth-order valence-electron chi connectivity index (χ4n) is 9.68. The van der Waals surface area contributed by atoms with Gasteiger partial charge in [-0.3, -0.25) is 13.7 Å². The molecule has 0 atom stereocenters. The summed E-state index contributed by atoms with van der Waals surface area (Å²) in [6.45, 7) is 6.52. The molecule has 13 aromatic rings. The zero-order valence-electron chi connectivity index (χ0n) is 48.2. The standard InChI is InChI=1S/C63H46N6O/c1-63(2,3)44-34-35-64-60(36-44)69-59-39-48(32-33-53(59)54-38-46(40-65-62(54)69)68-55-28-12-10-24-51(55)52-25-11-13-29-56(52)68)70-47-23-16-22-45(37-47)66-41-67(58-31-15-14-30-57(58)66)61-49(42-18-6-4-7-19-42)26-17-27-50(61)43-20-8-5-9-21-43/h4-40H,1-3H3/i4D,5D,6D,7D,8D,9D,18D,19D,20D,21D. The lowest BCUT2D eigenvalue weighted by Crippen LogP contribution is -2.31. The van der Waals surface area contributed by atoms with E-state index < -0.39 is 60.4 Å². The molecule has 0 aliphatic heterocycles. The van der Waals surface area contributed by atoms with Crippen LogP contribution < -0.4 is 9.30 Å². The van der Waals surface area contributed by atoms with Gasteiger partial charge in [0.25, 0.3) is 6.33 Å². The van der Waals surface area contributed by atoms with E-state index in [-0.39, 0.29) is 33.4 Å². The Morgan fingerprint density at radius 2 is 1.16 bits per heavy atom. The number of aromatic nitrogens is 6. The molecule has 0 radical (unpaired) electrons. The van der Waals surface area contributed by atoms with E-state index in [1.807, 2.05) is 79.1 Å². The molecule has 7 nitrogen and oxygen atoms in total. The molecule has 0 fully saturated rings. The van der Waals surface area contributed by atoms with Crippen LogP contribution in [0.3, 0.4) is 0 Å². The molecule has 7 heteroatoms. The van der Waals surface area contributed by atoms with Crippen molar-refractivity contribution in [1.82, 2.24) is 23.7 Å². The number of imidazole rings is 1. The first kappa shape index (κ1) is 31.8. The summed E-state index contributed by atoms with van der Waals surface area (Å²) in [5.74, 6) is 1.74. The number of nitrogens with zero attached hydrogens (tertiary/aromatic N) is 6. The molecule has 334 valence electrons. The molecular formula is C63H46N6O. The highest BCUT2D eigenvalue weighted by Crippen LogP contribution is 2.39. The molecule has 8 aromatic carbocycles. The SMILES string of the molecule is [2H]c1c([2H])c([2H])c(-c2cccc(-c3c([2H])c([2H])c([2H])c([2H])c3[2H])c2-[n+]2[c-]n(-c3cccc(Oc4ccc5c6cc(-n7c8ccccc8c8ccccc87)cnc6n(-c6cc(C(C)(C)C)ccn6)c5c4)c3)c3ccccc32)c([2H])c1[2H]. The normalized spacial score (nSPS) is 13.9. The van der Waals surface area contributed by atoms with Crippen LogP contribution in [-0.4, -0.2) is 23.7 Å². The lowest BCUT2D eigenvalue weighted by Gasteiger charge is -2.19. The molecular weight excluding hydrogens is 857 g/mol. The fraction of sp³-hybridized carbons (Fsp3) is 0.0635. The van der Waals surface area contributed by atoms with Gasteiger partial charge >= 0.3 is 0 Å². The molecule has 0 amide bonds. The van der Waals surface area contributed by atoms with Crippen LogP contribution in [-0.2, 0) is 5.41 Å². The van der Waals surface area contributed by atoms with Gasteiger partial charge in [-0.1, -0.05) is 166 Å². The first-order valence-electron chi connectivity index (χ1n) is 27.9. The van der Waals surface area contributed by atoms with Gasteiger partial charge in [0.05, 0.1) is 64.6 Å². The Balaban J connectivity index is 0.967. The van der Waals surface area contributed by atoms with Gasteiger partial charge in [0.2, 0.25) is 0 Å². The van der Waals surface area contributed by atoms with Crippen LogP contribution in [0.2, 0.25) is 0 Å². The molecule has 0 unspecified atom stereocenters. The minimum absolute atomic E-state index is 0.138. The highest BCUT2D eigenvalue weighted by molar-refractivity contribution is 6.11. The Bertz CT molecular complexity index is 4570. The molecule has 0 saturated heterocycles. The number of para-hydroxylation sites is 5. The summed E-state index contributed by atoms with van der Waals surface area (Å²) in [6, 6.07) is 43.5. The van der Waals surface area contributed by atoms with Crippen molar-refractivity contribution in [2.45, 2.75) is 26.2 Å². The molecule has 0 spiro atoms. The maximum atomic E-state index is 9.07. The summed E-state index contributed by atoms with van der Waals surface area (Å²) < 4.78 is 102. The van der Waals surface area contributed by atoms with Gasteiger partial charge in [-0.05, 0) is 93.9 Å². The molecule has 70 heavy (non-hydrogen) atoms. The number of hydrogen-bond donors (Lipinski definition) is 0. The van der Waals surface area contributed by atoms with Crippen molar-refractivity contribution >= 4 is 54.8 Å². The zero-order chi connectivity index (χ0) is 55.6. The summed E-state index contributed by atoms with van der Waals surface area (Å²) in [5.41, 5.74) is 7.59. The third kappa shape index (κ3) is 6.85.